The van der Waals surface area contributed by atoms with Crippen molar-refractivity contribution in [3.05, 3.63) is 59.9 Å². The molecule has 0 unspecified atom stereocenters. The van der Waals surface area contributed by atoms with Gasteiger partial charge in [-0.15, -0.1) is 11.6 Å². The highest BCUT2D eigenvalue weighted by atomic mass is 35.5. The van der Waals surface area contributed by atoms with E-state index in [1.165, 1.54) is 5.56 Å². The molecule has 2 nitrogen and oxygen atoms in total. The summed E-state index contributed by atoms with van der Waals surface area (Å²) in [6, 6.07) is 11.8. The molecule has 0 aliphatic heterocycles. The lowest BCUT2D eigenvalue weighted by atomic mass is 10.2. The fourth-order valence-corrected chi connectivity index (χ4v) is 1.82. The number of hydrogen-bond donors (Lipinski definition) is 0. The van der Waals surface area contributed by atoms with Crippen molar-refractivity contribution in [3.8, 4) is 17.6 Å². The van der Waals surface area contributed by atoms with Crippen LogP contribution in [0.15, 0.2) is 48.8 Å². The maximum absolute atomic E-state index is 5.82. The second-order valence-electron chi connectivity index (χ2n) is 4.19. The molecular weight excluding hydrogens is 270 g/mol. The first kappa shape index (κ1) is 14.4. The standard InChI is InChI=1S/C17H16ClNO/c18-11-4-3-6-16-5-1-2-7-17(16)20-14-10-15-8-12-19-13-9-15/h1-2,5,7-9,12-13H,4,10-11,14H2. The average molecular weight is 286 g/mol. The summed E-state index contributed by atoms with van der Waals surface area (Å²) in [5.74, 6) is 7.50. The third kappa shape index (κ3) is 4.60. The highest BCUT2D eigenvalue weighted by molar-refractivity contribution is 6.18. The van der Waals surface area contributed by atoms with Crippen molar-refractivity contribution in [1.29, 1.82) is 0 Å². The zero-order valence-corrected chi connectivity index (χ0v) is 11.9. The number of nitrogens with zero attached hydrogens (tertiary/aromatic N) is 1. The molecule has 1 aromatic carbocycles. The molecule has 0 aliphatic carbocycles. The lowest BCUT2D eigenvalue weighted by Gasteiger charge is -2.08. The highest BCUT2D eigenvalue weighted by Gasteiger charge is 2.00. The quantitative estimate of drug-likeness (QED) is 0.617. The predicted molar refractivity (Wildman–Crippen MR) is 82.1 cm³/mol. The maximum atomic E-state index is 5.82. The van der Waals surface area contributed by atoms with E-state index in [0.717, 1.165) is 17.7 Å². The number of ether oxygens (including phenoxy) is 1. The van der Waals surface area contributed by atoms with E-state index in [1.807, 2.05) is 36.4 Å². The van der Waals surface area contributed by atoms with E-state index in [2.05, 4.69) is 16.8 Å². The molecule has 102 valence electrons. The smallest absolute Gasteiger partial charge is 0.134 e. The summed E-state index contributed by atoms with van der Waals surface area (Å²) in [4.78, 5) is 4.00. The van der Waals surface area contributed by atoms with Crippen molar-refractivity contribution in [2.75, 3.05) is 12.5 Å². The molecule has 0 saturated heterocycles. The Balaban J connectivity index is 1.94. The van der Waals surface area contributed by atoms with Gasteiger partial charge in [0, 0.05) is 31.1 Å². The van der Waals surface area contributed by atoms with Crippen LogP contribution in [0.25, 0.3) is 0 Å². The fourth-order valence-electron chi connectivity index (χ4n) is 1.73. The van der Waals surface area contributed by atoms with Crippen molar-refractivity contribution >= 4 is 11.6 Å². The molecule has 0 spiro atoms. The van der Waals surface area contributed by atoms with E-state index in [-0.39, 0.29) is 0 Å². The Hall–Kier alpha value is -1.98. The minimum atomic E-state index is 0.554. The molecule has 0 saturated carbocycles. The third-order valence-electron chi connectivity index (χ3n) is 2.73. The molecular formula is C17H16ClNO. The molecule has 20 heavy (non-hydrogen) atoms. The van der Waals surface area contributed by atoms with Crippen LogP contribution in [0.2, 0.25) is 0 Å². The lowest BCUT2D eigenvalue weighted by Crippen LogP contribution is -2.02. The van der Waals surface area contributed by atoms with Gasteiger partial charge in [-0.2, -0.15) is 0 Å². The van der Waals surface area contributed by atoms with E-state index < -0.39 is 0 Å². The Morgan fingerprint density at radius 2 is 1.90 bits per heavy atom. The second kappa shape index (κ2) is 8.24. The van der Waals surface area contributed by atoms with Gasteiger partial charge in [0.2, 0.25) is 0 Å². The van der Waals surface area contributed by atoms with Gasteiger partial charge in [0.15, 0.2) is 0 Å². The lowest BCUT2D eigenvalue weighted by molar-refractivity contribution is 0.321. The Morgan fingerprint density at radius 1 is 1.10 bits per heavy atom. The van der Waals surface area contributed by atoms with Gasteiger partial charge in [-0.05, 0) is 29.8 Å². The number of aromatic nitrogens is 1. The summed E-state index contributed by atoms with van der Waals surface area (Å²) in [5, 5.41) is 0. The van der Waals surface area contributed by atoms with Crippen molar-refractivity contribution in [2.24, 2.45) is 0 Å². The summed E-state index contributed by atoms with van der Waals surface area (Å²) in [5.41, 5.74) is 2.12. The molecule has 0 bridgehead atoms. The first-order chi connectivity index (χ1) is 9.90. The van der Waals surface area contributed by atoms with Gasteiger partial charge in [-0.3, -0.25) is 4.98 Å². The number of alkyl halides is 1. The molecule has 2 rings (SSSR count). The second-order valence-corrected chi connectivity index (χ2v) is 4.57. The van der Waals surface area contributed by atoms with Crippen LogP contribution >= 0.6 is 11.6 Å². The van der Waals surface area contributed by atoms with Gasteiger partial charge < -0.3 is 4.74 Å². The largest absolute Gasteiger partial charge is 0.492 e. The third-order valence-corrected chi connectivity index (χ3v) is 2.92. The Labute approximate surface area is 124 Å². The zero-order chi connectivity index (χ0) is 14.0. The molecule has 0 fully saturated rings. The van der Waals surface area contributed by atoms with E-state index in [9.17, 15) is 0 Å². The predicted octanol–water partition coefficient (Wildman–Crippen LogP) is 3.68. The molecule has 0 atom stereocenters. The number of hydrogen-bond acceptors (Lipinski definition) is 2. The average Bonchev–Trinajstić information content (AvgIpc) is 2.50. The zero-order valence-electron chi connectivity index (χ0n) is 11.2. The minimum Gasteiger partial charge on any atom is -0.492 e. The first-order valence-electron chi connectivity index (χ1n) is 6.55. The molecule has 3 heteroatoms. The van der Waals surface area contributed by atoms with E-state index in [0.29, 0.717) is 18.9 Å². The summed E-state index contributed by atoms with van der Waals surface area (Å²) >= 11 is 5.62. The topological polar surface area (TPSA) is 22.1 Å². The molecule has 0 aliphatic rings. The number of para-hydroxylation sites is 1. The molecule has 2 aromatic rings. The van der Waals surface area contributed by atoms with Crippen LogP contribution in [-0.2, 0) is 6.42 Å². The van der Waals surface area contributed by atoms with E-state index >= 15 is 0 Å². The first-order valence-corrected chi connectivity index (χ1v) is 7.09. The van der Waals surface area contributed by atoms with Crippen LogP contribution in [0.4, 0.5) is 0 Å². The van der Waals surface area contributed by atoms with Crippen LogP contribution < -0.4 is 4.74 Å². The van der Waals surface area contributed by atoms with Crippen LogP contribution in [0.1, 0.15) is 17.5 Å². The monoisotopic (exact) mass is 285 g/mol. The molecule has 0 amide bonds. The van der Waals surface area contributed by atoms with E-state index in [4.69, 9.17) is 16.3 Å². The molecule has 1 aromatic heterocycles. The number of pyridine rings is 1. The SMILES string of the molecule is ClCCC#Cc1ccccc1OCCc1ccncc1. The highest BCUT2D eigenvalue weighted by Crippen LogP contribution is 2.17. The van der Waals surface area contributed by atoms with Gasteiger partial charge >= 0.3 is 0 Å². The van der Waals surface area contributed by atoms with Crippen molar-refractivity contribution in [1.82, 2.24) is 4.98 Å². The number of rotatable bonds is 5. The van der Waals surface area contributed by atoms with Crippen LogP contribution in [-0.4, -0.2) is 17.5 Å². The van der Waals surface area contributed by atoms with Gasteiger partial charge in [0.05, 0.1) is 12.2 Å². The molecule has 0 radical (unpaired) electrons. The van der Waals surface area contributed by atoms with Crippen LogP contribution in [0, 0.1) is 11.8 Å². The fraction of sp³-hybridized carbons (Fsp3) is 0.235. The molecule has 0 N–H and O–H groups in total. The summed E-state index contributed by atoms with van der Waals surface area (Å²) in [6.07, 6.45) is 5.13. The molecule has 1 heterocycles. The Kier molecular flexibility index (Phi) is 5.95. The minimum absolute atomic E-state index is 0.554. The summed E-state index contributed by atoms with van der Waals surface area (Å²) < 4.78 is 5.82. The maximum Gasteiger partial charge on any atom is 0.134 e. The van der Waals surface area contributed by atoms with Gasteiger partial charge in [0.25, 0.3) is 0 Å². The summed E-state index contributed by atoms with van der Waals surface area (Å²) in [6.45, 7) is 0.623. The number of halogens is 1. The summed E-state index contributed by atoms with van der Waals surface area (Å²) in [7, 11) is 0. The van der Waals surface area contributed by atoms with Crippen molar-refractivity contribution in [3.63, 3.8) is 0 Å². The van der Waals surface area contributed by atoms with E-state index in [1.54, 1.807) is 12.4 Å². The van der Waals surface area contributed by atoms with Crippen molar-refractivity contribution in [2.45, 2.75) is 12.8 Å². The Morgan fingerprint density at radius 3 is 2.70 bits per heavy atom. The van der Waals surface area contributed by atoms with Gasteiger partial charge in [-0.1, -0.05) is 24.0 Å². The van der Waals surface area contributed by atoms with Crippen LogP contribution in [0.3, 0.4) is 0 Å². The van der Waals surface area contributed by atoms with Crippen LogP contribution in [0.5, 0.6) is 5.75 Å². The van der Waals surface area contributed by atoms with Crippen molar-refractivity contribution < 1.29 is 4.74 Å². The van der Waals surface area contributed by atoms with Gasteiger partial charge in [0.1, 0.15) is 5.75 Å². The Bertz CT molecular complexity index is 587. The number of benzene rings is 1. The van der Waals surface area contributed by atoms with Gasteiger partial charge in [-0.25, -0.2) is 0 Å². The normalized spacial score (nSPS) is 9.65.